The molecule has 0 aromatic heterocycles. The average molecular weight is 363 g/mol. The lowest BCUT2D eigenvalue weighted by atomic mass is 9.88. The van der Waals surface area contributed by atoms with Gasteiger partial charge in [-0.05, 0) is 49.4 Å². The molecule has 2 amide bonds. The highest BCUT2D eigenvalue weighted by Crippen LogP contribution is 2.42. The maximum absolute atomic E-state index is 15.2. The summed E-state index contributed by atoms with van der Waals surface area (Å²) in [7, 11) is 0. The van der Waals surface area contributed by atoms with E-state index < -0.39 is 6.04 Å². The van der Waals surface area contributed by atoms with Crippen molar-refractivity contribution < 1.29 is 14.0 Å². The maximum Gasteiger partial charge on any atom is 0.243 e. The molecule has 2 fully saturated rings. The number of carbonyl (C=O) groups excluding carboxylic acids is 2. The molecule has 0 saturated carbocycles. The van der Waals surface area contributed by atoms with Gasteiger partial charge in [0, 0.05) is 18.5 Å². The van der Waals surface area contributed by atoms with Crippen LogP contribution in [-0.2, 0) is 16.1 Å². The summed E-state index contributed by atoms with van der Waals surface area (Å²) in [4.78, 5) is 25.4. The number of hydrogen-bond donors (Lipinski definition) is 3. The second-order valence-corrected chi connectivity index (χ2v) is 7.56. The topological polar surface area (TPSA) is 61.4 Å². The summed E-state index contributed by atoms with van der Waals surface area (Å²) in [6.07, 6.45) is 2.65. The minimum absolute atomic E-state index is 0.141. The first-order valence-corrected chi connectivity index (χ1v) is 9.37. The Kier molecular flexibility index (Phi) is 4.56. The lowest BCUT2D eigenvalue weighted by molar-refractivity contribution is -0.137. The van der Waals surface area contributed by atoms with Crippen LogP contribution >= 0.6 is 12.6 Å². The van der Waals surface area contributed by atoms with Crippen molar-refractivity contribution in [2.45, 2.75) is 49.6 Å². The number of thiol groups is 1. The molecule has 134 valence electrons. The molecular formula is C18H22FN3O2S. The Bertz CT molecular complexity index is 721. The van der Waals surface area contributed by atoms with Gasteiger partial charge in [0.25, 0.3) is 0 Å². The highest BCUT2D eigenvalue weighted by Gasteiger charge is 2.40. The molecule has 7 heteroatoms. The molecule has 3 aliphatic rings. The van der Waals surface area contributed by atoms with E-state index in [0.717, 1.165) is 37.1 Å². The van der Waals surface area contributed by atoms with Crippen LogP contribution in [0.3, 0.4) is 0 Å². The van der Waals surface area contributed by atoms with Gasteiger partial charge in [-0.2, -0.15) is 12.6 Å². The Labute approximate surface area is 151 Å². The summed E-state index contributed by atoms with van der Waals surface area (Å²) in [5.74, 6) is -0.442. The second-order valence-electron chi connectivity index (χ2n) is 7.07. The molecule has 3 heterocycles. The van der Waals surface area contributed by atoms with Gasteiger partial charge in [0.1, 0.15) is 5.82 Å². The highest BCUT2D eigenvalue weighted by atomic mass is 32.1. The van der Waals surface area contributed by atoms with E-state index in [4.69, 9.17) is 0 Å². The van der Waals surface area contributed by atoms with Crippen molar-refractivity contribution in [3.63, 3.8) is 0 Å². The van der Waals surface area contributed by atoms with Gasteiger partial charge >= 0.3 is 0 Å². The minimum Gasteiger partial charge on any atom is -0.317 e. The van der Waals surface area contributed by atoms with Gasteiger partial charge < -0.3 is 5.32 Å². The number of halogens is 1. The molecule has 0 spiro atoms. The van der Waals surface area contributed by atoms with E-state index in [1.165, 1.54) is 0 Å². The van der Waals surface area contributed by atoms with Crippen LogP contribution in [0, 0.1) is 5.82 Å². The van der Waals surface area contributed by atoms with Crippen LogP contribution < -0.4 is 10.6 Å². The molecule has 3 aliphatic heterocycles. The molecule has 0 radical (unpaired) electrons. The molecule has 2 saturated heterocycles. The van der Waals surface area contributed by atoms with Gasteiger partial charge in [-0.1, -0.05) is 12.1 Å². The fraction of sp³-hybridized carbons (Fsp3) is 0.556. The number of carbonyl (C=O) groups is 2. The van der Waals surface area contributed by atoms with E-state index >= 15 is 4.39 Å². The maximum atomic E-state index is 15.2. The number of benzene rings is 1. The van der Waals surface area contributed by atoms with Crippen LogP contribution in [0.4, 0.5) is 4.39 Å². The third-order valence-electron chi connectivity index (χ3n) is 5.63. The molecule has 0 aliphatic carbocycles. The first-order chi connectivity index (χ1) is 12.1. The van der Waals surface area contributed by atoms with Crippen LogP contribution in [0.2, 0.25) is 0 Å². The molecular weight excluding hydrogens is 341 g/mol. The number of nitrogens with zero attached hydrogens (tertiary/aromatic N) is 1. The van der Waals surface area contributed by atoms with Crippen LogP contribution in [0.25, 0.3) is 0 Å². The lowest BCUT2D eigenvalue weighted by Gasteiger charge is -2.32. The Balaban J connectivity index is 1.60. The summed E-state index contributed by atoms with van der Waals surface area (Å²) in [5, 5.41) is 5.36. The van der Waals surface area contributed by atoms with E-state index in [1.807, 2.05) is 17.0 Å². The Hall–Kier alpha value is -1.44. The zero-order chi connectivity index (χ0) is 17.6. The number of nitrogens with one attached hydrogen (secondary N) is 2. The average Bonchev–Trinajstić information content (AvgIpc) is 2.94. The molecule has 2 N–H and O–H groups in total. The second kappa shape index (κ2) is 6.70. The normalized spacial score (nSPS) is 28.1. The van der Waals surface area contributed by atoms with Crippen LogP contribution in [0.5, 0.6) is 0 Å². The fourth-order valence-electron chi connectivity index (χ4n) is 4.23. The van der Waals surface area contributed by atoms with Gasteiger partial charge in [-0.3, -0.25) is 19.8 Å². The Morgan fingerprint density at radius 1 is 1.12 bits per heavy atom. The number of piperidine rings is 2. The van der Waals surface area contributed by atoms with E-state index in [2.05, 4.69) is 23.3 Å². The van der Waals surface area contributed by atoms with Gasteiger partial charge in [0.2, 0.25) is 11.8 Å². The van der Waals surface area contributed by atoms with Gasteiger partial charge in [0.05, 0.1) is 11.4 Å². The molecule has 0 bridgehead atoms. The third-order valence-corrected chi connectivity index (χ3v) is 6.21. The number of amides is 2. The predicted octanol–water partition coefficient (Wildman–Crippen LogP) is 1.84. The van der Waals surface area contributed by atoms with Crippen molar-refractivity contribution in [3.8, 4) is 0 Å². The van der Waals surface area contributed by atoms with Crippen molar-refractivity contribution in [2.24, 2.45) is 0 Å². The predicted molar refractivity (Wildman–Crippen MR) is 94.7 cm³/mol. The van der Waals surface area contributed by atoms with Crippen LogP contribution in [-0.4, -0.2) is 35.8 Å². The van der Waals surface area contributed by atoms with Crippen molar-refractivity contribution in [1.82, 2.24) is 15.5 Å². The first kappa shape index (κ1) is 17.0. The molecule has 25 heavy (non-hydrogen) atoms. The van der Waals surface area contributed by atoms with Gasteiger partial charge in [-0.15, -0.1) is 0 Å². The quantitative estimate of drug-likeness (QED) is 0.554. The molecule has 2 atom stereocenters. The van der Waals surface area contributed by atoms with Crippen molar-refractivity contribution in [1.29, 1.82) is 0 Å². The number of hydrogen-bond acceptors (Lipinski definition) is 5. The van der Waals surface area contributed by atoms with E-state index in [0.29, 0.717) is 24.9 Å². The number of rotatable bonds is 2. The fourth-order valence-corrected chi connectivity index (χ4v) is 4.72. The zero-order valence-electron chi connectivity index (χ0n) is 13.9. The van der Waals surface area contributed by atoms with E-state index in [1.54, 1.807) is 0 Å². The molecule has 5 nitrogen and oxygen atoms in total. The van der Waals surface area contributed by atoms with Crippen LogP contribution in [0.1, 0.15) is 53.7 Å². The van der Waals surface area contributed by atoms with Crippen molar-refractivity contribution in [2.75, 3.05) is 13.1 Å². The third kappa shape index (κ3) is 2.98. The first-order valence-electron chi connectivity index (χ1n) is 8.85. The van der Waals surface area contributed by atoms with Gasteiger partial charge in [-0.25, -0.2) is 4.39 Å². The SMILES string of the molecule is O=C1CCC(N2Cc3c(ccc(C4CCNCC4)c3F)C2S)C(=O)N1. The van der Waals surface area contributed by atoms with Gasteiger partial charge in [0.15, 0.2) is 0 Å². The summed E-state index contributed by atoms with van der Waals surface area (Å²) in [6, 6.07) is 3.41. The van der Waals surface area contributed by atoms with E-state index in [-0.39, 0.29) is 28.9 Å². The highest BCUT2D eigenvalue weighted by molar-refractivity contribution is 7.80. The summed E-state index contributed by atoms with van der Waals surface area (Å²) in [5.41, 5.74) is 2.27. The smallest absolute Gasteiger partial charge is 0.243 e. The Morgan fingerprint density at radius 2 is 1.84 bits per heavy atom. The molecule has 1 aromatic carbocycles. The monoisotopic (exact) mass is 363 g/mol. The number of fused-ring (bicyclic) bond motifs is 1. The van der Waals surface area contributed by atoms with Crippen molar-refractivity contribution >= 4 is 24.4 Å². The van der Waals surface area contributed by atoms with Crippen LogP contribution in [0.15, 0.2) is 12.1 Å². The molecule has 1 aromatic rings. The minimum atomic E-state index is -0.436. The van der Waals surface area contributed by atoms with Crippen molar-refractivity contribution in [3.05, 3.63) is 34.6 Å². The number of imide groups is 1. The van der Waals surface area contributed by atoms with E-state index in [9.17, 15) is 9.59 Å². The standard InChI is InChI=1S/C18H22FN3O2S/c19-16-11(10-5-7-20-8-6-10)1-2-12-13(16)9-22(18(12)25)14-3-4-15(23)21-17(14)24/h1-2,10,14,18,20,25H,3-9H2,(H,21,23,24). The molecule has 2 unspecified atom stereocenters. The largest absolute Gasteiger partial charge is 0.317 e. The molecule has 4 rings (SSSR count). The summed E-state index contributed by atoms with van der Waals surface area (Å²) < 4.78 is 15.2. The lowest BCUT2D eigenvalue weighted by Crippen LogP contribution is -2.51. The Morgan fingerprint density at radius 3 is 2.56 bits per heavy atom. The zero-order valence-corrected chi connectivity index (χ0v) is 14.8. The summed E-state index contributed by atoms with van der Waals surface area (Å²) in [6.45, 7) is 2.19. The summed E-state index contributed by atoms with van der Waals surface area (Å²) >= 11 is 4.63.